The number of benzene rings is 1. The van der Waals surface area contributed by atoms with Crippen molar-refractivity contribution in [2.45, 2.75) is 52.9 Å². The van der Waals surface area contributed by atoms with Crippen LogP contribution in [0.25, 0.3) is 0 Å². The minimum absolute atomic E-state index is 0.197. The first-order chi connectivity index (χ1) is 8.90. The van der Waals surface area contributed by atoms with Crippen molar-refractivity contribution in [2.24, 2.45) is 5.92 Å². The minimum Gasteiger partial charge on any atom is -0.491 e. The molecule has 0 heterocycles. The first kappa shape index (κ1) is 16.0. The molecule has 19 heavy (non-hydrogen) atoms. The molecule has 0 bridgehead atoms. The third kappa shape index (κ3) is 5.62. The Morgan fingerprint density at radius 2 is 1.63 bits per heavy atom. The molecule has 1 aromatic rings. The Kier molecular flexibility index (Phi) is 6.32. The third-order valence-corrected chi connectivity index (χ3v) is 3.15. The molecular weight excluding hydrogens is 238 g/mol. The number of hydrogen-bond acceptors (Lipinski definition) is 3. The van der Waals surface area contributed by atoms with Gasteiger partial charge in [0.25, 0.3) is 0 Å². The summed E-state index contributed by atoms with van der Waals surface area (Å²) in [5, 5.41) is 13.1. The molecule has 0 aromatic heterocycles. The van der Waals surface area contributed by atoms with E-state index in [0.29, 0.717) is 6.54 Å². The van der Waals surface area contributed by atoms with Crippen molar-refractivity contribution in [1.29, 1.82) is 0 Å². The van der Waals surface area contributed by atoms with Gasteiger partial charge in [-0.2, -0.15) is 0 Å². The largest absolute Gasteiger partial charge is 0.491 e. The molecule has 2 atom stereocenters. The van der Waals surface area contributed by atoms with Crippen LogP contribution in [-0.4, -0.2) is 23.9 Å². The van der Waals surface area contributed by atoms with Gasteiger partial charge in [-0.3, -0.25) is 0 Å². The van der Waals surface area contributed by atoms with Gasteiger partial charge in [0.2, 0.25) is 0 Å². The Balaban J connectivity index is 2.50. The molecule has 1 aromatic carbocycles. The van der Waals surface area contributed by atoms with Crippen molar-refractivity contribution >= 4 is 0 Å². The second-order valence-electron chi connectivity index (χ2n) is 5.68. The summed E-state index contributed by atoms with van der Waals surface area (Å²) in [6.45, 7) is 10.8. The van der Waals surface area contributed by atoms with E-state index in [1.165, 1.54) is 5.56 Å². The van der Waals surface area contributed by atoms with Crippen molar-refractivity contribution in [2.75, 3.05) is 6.54 Å². The van der Waals surface area contributed by atoms with E-state index in [0.717, 1.165) is 5.75 Å². The van der Waals surface area contributed by atoms with E-state index in [1.807, 2.05) is 39.8 Å². The van der Waals surface area contributed by atoms with Crippen LogP contribution in [0.5, 0.6) is 5.75 Å². The lowest BCUT2D eigenvalue weighted by Gasteiger charge is -2.20. The zero-order valence-electron chi connectivity index (χ0n) is 12.7. The molecule has 0 aliphatic heterocycles. The van der Waals surface area contributed by atoms with Crippen LogP contribution >= 0.6 is 0 Å². The second-order valence-corrected chi connectivity index (χ2v) is 5.68. The van der Waals surface area contributed by atoms with Crippen molar-refractivity contribution in [3.8, 4) is 5.75 Å². The van der Waals surface area contributed by atoms with Crippen LogP contribution in [0.15, 0.2) is 24.3 Å². The zero-order chi connectivity index (χ0) is 14.4. The number of ether oxygens (including phenoxy) is 1. The van der Waals surface area contributed by atoms with Gasteiger partial charge in [-0.15, -0.1) is 0 Å². The van der Waals surface area contributed by atoms with Gasteiger partial charge in [0.05, 0.1) is 12.2 Å². The van der Waals surface area contributed by atoms with Gasteiger partial charge in [0.15, 0.2) is 0 Å². The molecule has 3 nitrogen and oxygen atoms in total. The van der Waals surface area contributed by atoms with Crippen LogP contribution in [0.1, 0.15) is 46.2 Å². The van der Waals surface area contributed by atoms with Crippen molar-refractivity contribution in [1.82, 2.24) is 5.32 Å². The number of nitrogens with one attached hydrogen (secondary N) is 1. The van der Waals surface area contributed by atoms with Gasteiger partial charge in [-0.25, -0.2) is 0 Å². The summed E-state index contributed by atoms with van der Waals surface area (Å²) in [5.74, 6) is 1.18. The van der Waals surface area contributed by atoms with E-state index in [-0.39, 0.29) is 24.2 Å². The van der Waals surface area contributed by atoms with Crippen LogP contribution < -0.4 is 10.1 Å². The summed E-state index contributed by atoms with van der Waals surface area (Å²) in [5.41, 5.74) is 1.20. The highest BCUT2D eigenvalue weighted by atomic mass is 16.5. The maximum Gasteiger partial charge on any atom is 0.119 e. The Morgan fingerprint density at radius 1 is 1.05 bits per heavy atom. The van der Waals surface area contributed by atoms with Crippen molar-refractivity contribution in [3.05, 3.63) is 29.8 Å². The quantitative estimate of drug-likeness (QED) is 0.796. The van der Waals surface area contributed by atoms with E-state index in [9.17, 15) is 5.11 Å². The van der Waals surface area contributed by atoms with E-state index >= 15 is 0 Å². The topological polar surface area (TPSA) is 41.5 Å². The Labute approximate surface area is 117 Å². The molecule has 0 aliphatic carbocycles. The van der Waals surface area contributed by atoms with Crippen LogP contribution in [0, 0.1) is 5.92 Å². The van der Waals surface area contributed by atoms with E-state index in [1.54, 1.807) is 0 Å². The number of aliphatic hydroxyl groups excluding tert-OH is 1. The van der Waals surface area contributed by atoms with E-state index < -0.39 is 0 Å². The number of hydrogen-bond donors (Lipinski definition) is 2. The first-order valence-electron chi connectivity index (χ1n) is 7.08. The Hall–Kier alpha value is -1.06. The summed E-state index contributed by atoms with van der Waals surface area (Å²) >= 11 is 0. The molecule has 0 radical (unpaired) electrons. The predicted octanol–water partition coefficient (Wildman–Crippen LogP) is 3.14. The van der Waals surface area contributed by atoms with Crippen LogP contribution in [-0.2, 0) is 0 Å². The van der Waals surface area contributed by atoms with Gasteiger partial charge in [0, 0.05) is 12.6 Å². The van der Waals surface area contributed by atoms with Gasteiger partial charge in [-0.05, 0) is 44.4 Å². The molecule has 2 N–H and O–H groups in total. The van der Waals surface area contributed by atoms with Crippen molar-refractivity contribution < 1.29 is 9.84 Å². The standard InChI is InChI=1S/C16H27NO2/c1-11(2)16(18)10-17-13(5)14-6-8-15(9-7-14)19-12(3)4/h6-9,11-13,16-18H,10H2,1-5H3. The van der Waals surface area contributed by atoms with Gasteiger partial charge in [0.1, 0.15) is 5.75 Å². The summed E-state index contributed by atoms with van der Waals surface area (Å²) < 4.78 is 5.62. The Morgan fingerprint density at radius 3 is 2.11 bits per heavy atom. The molecule has 0 spiro atoms. The van der Waals surface area contributed by atoms with Crippen molar-refractivity contribution in [3.63, 3.8) is 0 Å². The fourth-order valence-electron chi connectivity index (χ4n) is 1.76. The lowest BCUT2D eigenvalue weighted by molar-refractivity contribution is 0.120. The van der Waals surface area contributed by atoms with Crippen LogP contribution in [0.4, 0.5) is 0 Å². The minimum atomic E-state index is -0.300. The molecule has 0 fully saturated rings. The van der Waals surface area contributed by atoms with Gasteiger partial charge in [-0.1, -0.05) is 26.0 Å². The smallest absolute Gasteiger partial charge is 0.119 e. The molecule has 108 valence electrons. The maximum atomic E-state index is 9.78. The van der Waals surface area contributed by atoms with Gasteiger partial charge >= 0.3 is 0 Å². The summed E-state index contributed by atoms with van der Waals surface area (Å²) in [4.78, 5) is 0. The lowest BCUT2D eigenvalue weighted by Crippen LogP contribution is -2.32. The number of aliphatic hydroxyl groups is 1. The highest BCUT2D eigenvalue weighted by Gasteiger charge is 2.11. The summed E-state index contributed by atoms with van der Waals surface area (Å²) in [6, 6.07) is 8.34. The average molecular weight is 265 g/mol. The highest BCUT2D eigenvalue weighted by Crippen LogP contribution is 2.18. The molecule has 1 rings (SSSR count). The maximum absolute atomic E-state index is 9.78. The summed E-state index contributed by atoms with van der Waals surface area (Å²) in [7, 11) is 0. The molecule has 0 aliphatic rings. The fraction of sp³-hybridized carbons (Fsp3) is 0.625. The first-order valence-corrected chi connectivity index (χ1v) is 7.08. The molecule has 0 saturated carbocycles. The molecule has 2 unspecified atom stereocenters. The summed E-state index contributed by atoms with van der Waals surface area (Å²) in [6.07, 6.45) is -0.103. The molecule has 0 amide bonds. The SMILES string of the molecule is CC(C)Oc1ccc(C(C)NCC(O)C(C)C)cc1. The highest BCUT2D eigenvalue weighted by molar-refractivity contribution is 5.29. The van der Waals surface area contributed by atoms with E-state index in [4.69, 9.17) is 4.74 Å². The predicted molar refractivity (Wildman–Crippen MR) is 79.5 cm³/mol. The normalized spacial score (nSPS) is 14.7. The van der Waals surface area contributed by atoms with E-state index in [2.05, 4.69) is 24.4 Å². The Bertz CT molecular complexity index is 360. The number of rotatable bonds is 7. The second kappa shape index (κ2) is 7.51. The third-order valence-electron chi connectivity index (χ3n) is 3.15. The monoisotopic (exact) mass is 265 g/mol. The van der Waals surface area contributed by atoms with Crippen LogP contribution in [0.2, 0.25) is 0 Å². The molecule has 0 saturated heterocycles. The molecule has 3 heteroatoms. The average Bonchev–Trinajstić information content (AvgIpc) is 2.35. The lowest BCUT2D eigenvalue weighted by atomic mass is 10.1. The van der Waals surface area contributed by atoms with Crippen LogP contribution in [0.3, 0.4) is 0 Å². The zero-order valence-corrected chi connectivity index (χ0v) is 12.7. The van der Waals surface area contributed by atoms with Gasteiger partial charge < -0.3 is 15.2 Å². The molecular formula is C16H27NO2. The fourth-order valence-corrected chi connectivity index (χ4v) is 1.76.